The number of hydrogen-bond donors (Lipinski definition) is 0. The fourth-order valence-electron chi connectivity index (χ4n) is 4.48. The Hall–Kier alpha value is -3.68. The molecule has 0 N–H and O–H groups in total. The van der Waals surface area contributed by atoms with Crippen molar-refractivity contribution >= 4 is 17.1 Å². The quantitative estimate of drug-likeness (QED) is 0.497. The molecule has 164 valence electrons. The van der Waals surface area contributed by atoms with Crippen LogP contribution in [0.25, 0.3) is 11.2 Å². The van der Waals surface area contributed by atoms with Gasteiger partial charge in [0.2, 0.25) is 5.95 Å². The van der Waals surface area contributed by atoms with Crippen LogP contribution in [-0.2, 0) is 26.7 Å². The van der Waals surface area contributed by atoms with Gasteiger partial charge in [0.15, 0.2) is 11.2 Å². The number of fused-ring (bicyclic) bond motifs is 3. The first-order chi connectivity index (χ1) is 15.4. The van der Waals surface area contributed by atoms with Gasteiger partial charge in [-0.05, 0) is 17.5 Å². The van der Waals surface area contributed by atoms with Crippen molar-refractivity contribution in [3.8, 4) is 0 Å². The summed E-state index contributed by atoms with van der Waals surface area (Å²) in [5.74, 6) is 0.525. The maximum Gasteiger partial charge on any atom is 0.332 e. The molecule has 5 rings (SSSR count). The molecule has 0 radical (unpaired) electrons. The molecule has 2 aromatic heterocycles. The van der Waals surface area contributed by atoms with Gasteiger partial charge in [-0.25, -0.2) is 9.18 Å². The van der Waals surface area contributed by atoms with Crippen molar-refractivity contribution in [1.29, 1.82) is 0 Å². The summed E-state index contributed by atoms with van der Waals surface area (Å²) in [7, 11) is 1.60. The first-order valence-corrected chi connectivity index (χ1v) is 10.7. The van der Waals surface area contributed by atoms with Crippen LogP contribution in [0.3, 0.4) is 0 Å². The maximum atomic E-state index is 14.2. The number of anilines is 1. The van der Waals surface area contributed by atoms with Crippen LogP contribution in [0, 0.1) is 11.7 Å². The van der Waals surface area contributed by atoms with Gasteiger partial charge in [-0.2, -0.15) is 4.98 Å². The summed E-state index contributed by atoms with van der Waals surface area (Å²) in [5.41, 5.74) is 1.22. The zero-order valence-corrected chi connectivity index (χ0v) is 18.0. The first kappa shape index (κ1) is 20.2. The largest absolute Gasteiger partial charge is 0.338 e. The lowest BCUT2D eigenvalue weighted by atomic mass is 10.1. The molecule has 0 aliphatic carbocycles. The van der Waals surface area contributed by atoms with Gasteiger partial charge in [0.1, 0.15) is 5.82 Å². The van der Waals surface area contributed by atoms with Crippen LogP contribution in [-0.4, -0.2) is 25.2 Å². The van der Waals surface area contributed by atoms with Gasteiger partial charge >= 0.3 is 5.69 Å². The second kappa shape index (κ2) is 7.78. The van der Waals surface area contributed by atoms with E-state index in [-0.39, 0.29) is 6.54 Å². The SMILES string of the molecule is CC1CN(Cc2ccccc2)c2nc3c(c(=O)n(Cc4ccccc4F)c(=O)n3C)n2C1. The summed E-state index contributed by atoms with van der Waals surface area (Å²) in [6, 6.07) is 16.3. The lowest BCUT2D eigenvalue weighted by Crippen LogP contribution is -2.41. The second-order valence-corrected chi connectivity index (χ2v) is 8.49. The third kappa shape index (κ3) is 3.32. The minimum absolute atomic E-state index is 0.127. The van der Waals surface area contributed by atoms with E-state index in [0.29, 0.717) is 41.7 Å². The predicted octanol–water partition coefficient (Wildman–Crippen LogP) is 2.74. The smallest absolute Gasteiger partial charge is 0.332 e. The highest BCUT2D eigenvalue weighted by Gasteiger charge is 2.29. The number of hydrogen-bond acceptors (Lipinski definition) is 4. The molecule has 1 atom stereocenters. The van der Waals surface area contributed by atoms with Crippen molar-refractivity contribution in [2.45, 2.75) is 26.6 Å². The topological polar surface area (TPSA) is 65.1 Å². The highest BCUT2D eigenvalue weighted by Crippen LogP contribution is 2.28. The maximum absolute atomic E-state index is 14.2. The van der Waals surface area contributed by atoms with Crippen molar-refractivity contribution in [2.75, 3.05) is 11.4 Å². The summed E-state index contributed by atoms with van der Waals surface area (Å²) in [4.78, 5) is 33.3. The average Bonchev–Trinajstić information content (AvgIpc) is 3.17. The van der Waals surface area contributed by atoms with Crippen LogP contribution in [0.4, 0.5) is 10.3 Å². The Balaban J connectivity index is 1.67. The molecule has 0 saturated carbocycles. The van der Waals surface area contributed by atoms with Crippen LogP contribution in [0.1, 0.15) is 18.1 Å². The molecule has 3 heterocycles. The van der Waals surface area contributed by atoms with E-state index in [0.717, 1.165) is 16.7 Å². The molecule has 1 aliphatic rings. The molecule has 0 saturated heterocycles. The molecular weight excluding hydrogens is 409 g/mol. The van der Waals surface area contributed by atoms with Crippen molar-refractivity contribution in [3.05, 3.63) is 92.4 Å². The van der Waals surface area contributed by atoms with Gasteiger partial charge in [-0.15, -0.1) is 0 Å². The summed E-state index contributed by atoms with van der Waals surface area (Å²) in [5, 5.41) is 0. The van der Waals surface area contributed by atoms with Gasteiger partial charge in [-0.1, -0.05) is 55.5 Å². The molecule has 8 heteroatoms. The summed E-state index contributed by atoms with van der Waals surface area (Å²) >= 11 is 0. The second-order valence-electron chi connectivity index (χ2n) is 8.49. The Morgan fingerprint density at radius 3 is 2.47 bits per heavy atom. The number of benzene rings is 2. The molecule has 32 heavy (non-hydrogen) atoms. The van der Waals surface area contributed by atoms with E-state index in [1.165, 1.54) is 10.6 Å². The fraction of sp³-hybridized carbons (Fsp3) is 0.292. The Labute approximate surface area is 184 Å². The highest BCUT2D eigenvalue weighted by molar-refractivity contribution is 5.75. The zero-order valence-electron chi connectivity index (χ0n) is 18.0. The molecule has 4 aromatic rings. The summed E-state index contributed by atoms with van der Waals surface area (Å²) in [6.07, 6.45) is 0. The number of imidazole rings is 1. The highest BCUT2D eigenvalue weighted by atomic mass is 19.1. The van der Waals surface area contributed by atoms with Crippen LogP contribution in [0.5, 0.6) is 0 Å². The van der Waals surface area contributed by atoms with Crippen molar-refractivity contribution < 1.29 is 4.39 Å². The molecule has 0 spiro atoms. The van der Waals surface area contributed by atoms with Gasteiger partial charge < -0.3 is 9.47 Å². The van der Waals surface area contributed by atoms with Gasteiger partial charge in [-0.3, -0.25) is 13.9 Å². The zero-order chi connectivity index (χ0) is 22.4. The lowest BCUT2D eigenvalue weighted by Gasteiger charge is -2.33. The number of halogens is 1. The fourth-order valence-corrected chi connectivity index (χ4v) is 4.48. The van der Waals surface area contributed by atoms with E-state index in [4.69, 9.17) is 4.98 Å². The third-order valence-electron chi connectivity index (χ3n) is 6.02. The van der Waals surface area contributed by atoms with Crippen LogP contribution < -0.4 is 16.1 Å². The van der Waals surface area contributed by atoms with Crippen molar-refractivity contribution in [1.82, 2.24) is 18.7 Å². The summed E-state index contributed by atoms with van der Waals surface area (Å²) in [6.45, 7) is 4.09. The Morgan fingerprint density at radius 2 is 1.72 bits per heavy atom. The Kier molecular flexibility index (Phi) is 4.92. The van der Waals surface area contributed by atoms with Gasteiger partial charge in [0.05, 0.1) is 6.54 Å². The standard InChI is InChI=1S/C24H24FN5O2/c1-16-12-28(14-17-8-4-3-5-9-17)23-26-21-20(29(23)13-16)22(31)30(24(32)27(21)2)15-18-10-6-7-11-19(18)25/h3-11,16H,12-15H2,1-2H3. The number of nitrogens with zero attached hydrogens (tertiary/aromatic N) is 5. The average molecular weight is 433 g/mol. The van der Waals surface area contributed by atoms with E-state index in [9.17, 15) is 14.0 Å². The van der Waals surface area contributed by atoms with E-state index in [1.54, 1.807) is 25.2 Å². The minimum atomic E-state index is -0.510. The molecule has 0 amide bonds. The molecule has 7 nitrogen and oxygen atoms in total. The van der Waals surface area contributed by atoms with E-state index in [2.05, 4.69) is 24.0 Å². The lowest BCUT2D eigenvalue weighted by molar-refractivity contribution is 0.435. The number of rotatable bonds is 4. The van der Waals surface area contributed by atoms with Crippen LogP contribution in [0.15, 0.2) is 64.2 Å². The number of aryl methyl sites for hydroxylation is 1. The number of aromatic nitrogens is 4. The van der Waals surface area contributed by atoms with Crippen LogP contribution >= 0.6 is 0 Å². The predicted molar refractivity (Wildman–Crippen MR) is 121 cm³/mol. The third-order valence-corrected chi connectivity index (χ3v) is 6.02. The van der Waals surface area contributed by atoms with E-state index in [1.807, 2.05) is 22.8 Å². The van der Waals surface area contributed by atoms with E-state index >= 15 is 0 Å². The molecule has 1 unspecified atom stereocenters. The molecule has 1 aliphatic heterocycles. The molecule has 0 bridgehead atoms. The van der Waals surface area contributed by atoms with Gasteiger partial charge in [0.25, 0.3) is 5.56 Å². The first-order valence-electron chi connectivity index (χ1n) is 10.7. The molecule has 0 fully saturated rings. The Morgan fingerprint density at radius 1 is 1.00 bits per heavy atom. The normalized spacial score (nSPS) is 15.8. The van der Waals surface area contributed by atoms with E-state index < -0.39 is 17.1 Å². The summed E-state index contributed by atoms with van der Waals surface area (Å²) < 4.78 is 18.6. The Bertz CT molecular complexity index is 1420. The minimum Gasteiger partial charge on any atom is -0.338 e. The molecule has 2 aromatic carbocycles. The van der Waals surface area contributed by atoms with Crippen molar-refractivity contribution in [2.24, 2.45) is 13.0 Å². The van der Waals surface area contributed by atoms with Crippen LogP contribution in [0.2, 0.25) is 0 Å². The molecular formula is C24H24FN5O2. The monoisotopic (exact) mass is 433 g/mol. The van der Waals surface area contributed by atoms with Crippen molar-refractivity contribution in [3.63, 3.8) is 0 Å². The van der Waals surface area contributed by atoms with Gasteiger partial charge in [0, 0.05) is 32.2 Å².